The van der Waals surface area contributed by atoms with Crippen LogP contribution in [0.25, 0.3) is 10.9 Å². The molecule has 2 aromatic rings. The third-order valence-electron chi connectivity index (χ3n) is 4.72. The molecule has 0 bridgehead atoms. The number of primary amides is 1. The molecule has 33 heavy (non-hydrogen) atoms. The normalized spacial score (nSPS) is 13.5. The topological polar surface area (TPSA) is 230 Å². The molecule has 0 saturated heterocycles. The second-order valence-corrected chi connectivity index (χ2v) is 7.26. The van der Waals surface area contributed by atoms with E-state index in [1.807, 2.05) is 29.6 Å². The molecule has 178 valence electrons. The molecule has 2 rings (SSSR count). The summed E-state index contributed by atoms with van der Waals surface area (Å²) in [5, 5.41) is 25.3. The molecule has 0 aliphatic carbocycles. The first-order chi connectivity index (χ1) is 15.6. The van der Waals surface area contributed by atoms with Crippen molar-refractivity contribution >= 4 is 40.5 Å². The van der Waals surface area contributed by atoms with E-state index in [1.54, 1.807) is 6.20 Å². The number of hydrogen-bond acceptors (Lipinski definition) is 7. The lowest BCUT2D eigenvalue weighted by Gasteiger charge is -2.22. The Kier molecular flexibility index (Phi) is 8.89. The van der Waals surface area contributed by atoms with Gasteiger partial charge in [0, 0.05) is 17.1 Å². The first kappa shape index (κ1) is 25.3. The van der Waals surface area contributed by atoms with Gasteiger partial charge in [0.05, 0.1) is 19.1 Å². The van der Waals surface area contributed by atoms with Crippen LogP contribution in [0.2, 0.25) is 0 Å². The van der Waals surface area contributed by atoms with Gasteiger partial charge in [-0.15, -0.1) is 0 Å². The number of aromatic nitrogens is 1. The summed E-state index contributed by atoms with van der Waals surface area (Å²) in [6.07, 6.45) is 1.26. The Morgan fingerprint density at radius 2 is 1.67 bits per heavy atom. The molecule has 1 aromatic carbocycles. The molecule has 0 radical (unpaired) electrons. The van der Waals surface area contributed by atoms with Gasteiger partial charge in [0.2, 0.25) is 23.6 Å². The SMILES string of the molecule is NC(=O)CC(NC(=O)C(N)Cc1c[nH]c2ccccc12)C(=O)NC(CO)C(=O)NCC(=O)O. The third kappa shape index (κ3) is 7.29. The van der Waals surface area contributed by atoms with Gasteiger partial charge in [-0.25, -0.2) is 0 Å². The number of carbonyl (C=O) groups is 5. The minimum atomic E-state index is -1.51. The van der Waals surface area contributed by atoms with E-state index >= 15 is 0 Å². The predicted octanol–water partition coefficient (Wildman–Crippen LogP) is -2.92. The lowest BCUT2D eigenvalue weighted by Crippen LogP contribution is -2.57. The summed E-state index contributed by atoms with van der Waals surface area (Å²) >= 11 is 0. The molecule has 4 amide bonds. The van der Waals surface area contributed by atoms with E-state index in [1.165, 1.54) is 0 Å². The van der Waals surface area contributed by atoms with Crippen LogP contribution in [0.5, 0.6) is 0 Å². The van der Waals surface area contributed by atoms with Crippen LogP contribution in [0.4, 0.5) is 0 Å². The van der Waals surface area contributed by atoms with Crippen molar-refractivity contribution in [3.63, 3.8) is 0 Å². The first-order valence-corrected chi connectivity index (χ1v) is 9.92. The molecule has 0 spiro atoms. The molecule has 0 fully saturated rings. The molecule has 13 nitrogen and oxygen atoms in total. The van der Waals surface area contributed by atoms with Crippen molar-refractivity contribution in [2.45, 2.75) is 31.0 Å². The van der Waals surface area contributed by atoms with Crippen LogP contribution in [0.3, 0.4) is 0 Å². The Morgan fingerprint density at radius 1 is 1.00 bits per heavy atom. The Bertz CT molecular complexity index is 1040. The van der Waals surface area contributed by atoms with Gasteiger partial charge in [-0.2, -0.15) is 0 Å². The van der Waals surface area contributed by atoms with Crippen molar-refractivity contribution in [3.8, 4) is 0 Å². The number of benzene rings is 1. The lowest BCUT2D eigenvalue weighted by molar-refractivity contribution is -0.139. The number of aliphatic hydroxyl groups is 1. The van der Waals surface area contributed by atoms with Crippen molar-refractivity contribution in [1.29, 1.82) is 0 Å². The maximum Gasteiger partial charge on any atom is 0.322 e. The molecule has 1 aromatic heterocycles. The predicted molar refractivity (Wildman–Crippen MR) is 115 cm³/mol. The number of carboxylic acids is 1. The van der Waals surface area contributed by atoms with Crippen LogP contribution in [0.1, 0.15) is 12.0 Å². The zero-order valence-electron chi connectivity index (χ0n) is 17.5. The number of fused-ring (bicyclic) bond motifs is 1. The second-order valence-electron chi connectivity index (χ2n) is 7.26. The third-order valence-corrected chi connectivity index (χ3v) is 4.72. The number of carboxylic acid groups (broad SMARTS) is 1. The second kappa shape index (κ2) is 11.6. The summed E-state index contributed by atoms with van der Waals surface area (Å²) in [6, 6.07) is 3.36. The highest BCUT2D eigenvalue weighted by Gasteiger charge is 2.29. The Labute approximate surface area is 187 Å². The molecule has 3 atom stereocenters. The van der Waals surface area contributed by atoms with Crippen LogP contribution in [0.15, 0.2) is 30.5 Å². The molecule has 0 aliphatic rings. The number of nitrogens with one attached hydrogen (secondary N) is 4. The molecule has 13 heteroatoms. The van der Waals surface area contributed by atoms with Gasteiger partial charge in [-0.1, -0.05) is 18.2 Å². The fourth-order valence-corrected chi connectivity index (χ4v) is 3.07. The van der Waals surface area contributed by atoms with Gasteiger partial charge in [-0.05, 0) is 18.1 Å². The summed E-state index contributed by atoms with van der Waals surface area (Å²) in [4.78, 5) is 62.1. The number of rotatable bonds is 12. The molecule has 0 saturated carbocycles. The van der Waals surface area contributed by atoms with E-state index in [0.717, 1.165) is 16.5 Å². The van der Waals surface area contributed by atoms with Crippen LogP contribution < -0.4 is 27.4 Å². The number of para-hydroxylation sites is 1. The maximum atomic E-state index is 12.6. The average molecular weight is 462 g/mol. The van der Waals surface area contributed by atoms with Crippen molar-refractivity contribution in [2.24, 2.45) is 11.5 Å². The van der Waals surface area contributed by atoms with Gasteiger partial charge in [0.1, 0.15) is 18.6 Å². The van der Waals surface area contributed by atoms with Crippen LogP contribution in [-0.2, 0) is 30.4 Å². The summed E-state index contributed by atoms with van der Waals surface area (Å²) in [5.74, 6) is -4.91. The van der Waals surface area contributed by atoms with E-state index in [0.29, 0.717) is 0 Å². The minimum absolute atomic E-state index is 0.137. The Morgan fingerprint density at radius 3 is 2.30 bits per heavy atom. The lowest BCUT2D eigenvalue weighted by atomic mass is 10.0. The molecule has 0 aliphatic heterocycles. The van der Waals surface area contributed by atoms with Crippen LogP contribution >= 0.6 is 0 Å². The monoisotopic (exact) mass is 462 g/mol. The zero-order chi connectivity index (χ0) is 24.5. The summed E-state index contributed by atoms with van der Waals surface area (Å²) in [6.45, 7) is -1.58. The molecular formula is C20H26N6O7. The van der Waals surface area contributed by atoms with Gasteiger partial charge in [0.15, 0.2) is 0 Å². The summed E-state index contributed by atoms with van der Waals surface area (Å²) in [5.41, 5.74) is 12.8. The Balaban J connectivity index is 2.04. The molecule has 3 unspecified atom stereocenters. The first-order valence-electron chi connectivity index (χ1n) is 9.92. The number of amides is 4. The number of aromatic amines is 1. The van der Waals surface area contributed by atoms with Crippen molar-refractivity contribution in [1.82, 2.24) is 20.9 Å². The van der Waals surface area contributed by atoms with Gasteiger partial charge in [0.25, 0.3) is 0 Å². The van der Waals surface area contributed by atoms with Crippen molar-refractivity contribution < 1.29 is 34.2 Å². The standard InChI is InChI=1S/C20H26N6O7/c21-12(5-10-7-23-13-4-2-1-3-11(10)13)18(31)25-14(6-16(22)28)20(33)26-15(9-27)19(32)24-8-17(29)30/h1-4,7,12,14-15,23,27H,5-6,8-9,21H2,(H2,22,28)(H,24,32)(H,25,31)(H,26,33)(H,29,30). The van der Waals surface area contributed by atoms with Crippen LogP contribution in [0, 0.1) is 0 Å². The van der Waals surface area contributed by atoms with E-state index in [-0.39, 0.29) is 6.42 Å². The fourth-order valence-electron chi connectivity index (χ4n) is 3.07. The van der Waals surface area contributed by atoms with Crippen molar-refractivity contribution in [3.05, 3.63) is 36.0 Å². The largest absolute Gasteiger partial charge is 0.480 e. The number of aliphatic carboxylic acids is 1. The van der Waals surface area contributed by atoms with E-state index < -0.39 is 67.3 Å². The molecular weight excluding hydrogens is 436 g/mol. The van der Waals surface area contributed by atoms with E-state index in [9.17, 15) is 29.1 Å². The van der Waals surface area contributed by atoms with Gasteiger partial charge < -0.3 is 42.6 Å². The van der Waals surface area contributed by atoms with Crippen molar-refractivity contribution in [2.75, 3.05) is 13.2 Å². The zero-order valence-corrected chi connectivity index (χ0v) is 17.5. The fraction of sp³-hybridized carbons (Fsp3) is 0.350. The number of aliphatic hydroxyl groups excluding tert-OH is 1. The average Bonchev–Trinajstić information content (AvgIpc) is 3.17. The summed E-state index contributed by atoms with van der Waals surface area (Å²) < 4.78 is 0. The minimum Gasteiger partial charge on any atom is -0.480 e. The van der Waals surface area contributed by atoms with Gasteiger partial charge in [-0.3, -0.25) is 24.0 Å². The molecule has 1 heterocycles. The Hall–Kier alpha value is -3.97. The van der Waals surface area contributed by atoms with Crippen LogP contribution in [-0.4, -0.2) is 76.1 Å². The number of H-pyrrole nitrogens is 1. The smallest absolute Gasteiger partial charge is 0.322 e. The number of carbonyl (C=O) groups excluding carboxylic acids is 4. The van der Waals surface area contributed by atoms with E-state index in [4.69, 9.17) is 16.6 Å². The van der Waals surface area contributed by atoms with E-state index in [2.05, 4.69) is 15.6 Å². The maximum absolute atomic E-state index is 12.6. The quantitative estimate of drug-likeness (QED) is 0.162. The van der Waals surface area contributed by atoms with Gasteiger partial charge >= 0.3 is 5.97 Å². The molecule has 10 N–H and O–H groups in total. The number of hydrogen-bond donors (Lipinski definition) is 8. The highest BCUT2D eigenvalue weighted by Crippen LogP contribution is 2.18. The highest BCUT2D eigenvalue weighted by atomic mass is 16.4. The number of nitrogens with two attached hydrogens (primary N) is 2. The highest BCUT2D eigenvalue weighted by molar-refractivity contribution is 5.96. The summed E-state index contributed by atoms with van der Waals surface area (Å²) in [7, 11) is 0.